The maximum Gasteiger partial charge on any atom is 0.322 e. The van der Waals surface area contributed by atoms with E-state index in [4.69, 9.17) is 21.1 Å². The molecule has 0 saturated carbocycles. The van der Waals surface area contributed by atoms with Crippen molar-refractivity contribution in [3.8, 4) is 0 Å². The number of amides is 2. The fourth-order valence-electron chi connectivity index (χ4n) is 3.75. The molecule has 0 aromatic carbocycles. The molecule has 0 fully saturated rings. The molecule has 252 valence electrons. The zero-order chi connectivity index (χ0) is 33.9. The first-order valence-corrected chi connectivity index (χ1v) is 16.2. The third-order valence-corrected chi connectivity index (χ3v) is 7.49. The van der Waals surface area contributed by atoms with Crippen LogP contribution in [0.3, 0.4) is 0 Å². The minimum atomic E-state index is -1.25. The van der Waals surface area contributed by atoms with Crippen LogP contribution < -0.4 is 16.4 Å². The van der Waals surface area contributed by atoms with Gasteiger partial charge in [0.05, 0.1) is 0 Å². The van der Waals surface area contributed by atoms with Crippen molar-refractivity contribution in [2.75, 3.05) is 12.3 Å². The minimum Gasteiger partial charge on any atom is -0.481 e. The van der Waals surface area contributed by atoms with E-state index in [1.54, 1.807) is 0 Å². The molecule has 0 heterocycles. The Kier molecular flexibility index (Phi) is 24.5. The van der Waals surface area contributed by atoms with E-state index >= 15 is 0 Å². The quantitative estimate of drug-likeness (QED) is 0.0555. The van der Waals surface area contributed by atoms with Gasteiger partial charge in [-0.25, -0.2) is 0 Å². The number of carbonyl (C=O) groups is 6. The maximum absolute atomic E-state index is 12.7. The number of nitrogens with two attached hydrogens (primary N) is 1. The summed E-state index contributed by atoms with van der Waals surface area (Å²) < 4.78 is 0. The summed E-state index contributed by atoms with van der Waals surface area (Å²) in [7, 11) is 0. The van der Waals surface area contributed by atoms with Gasteiger partial charge in [0.1, 0.15) is 24.4 Å². The van der Waals surface area contributed by atoms with Crippen molar-refractivity contribution >= 4 is 47.3 Å². The number of carboxylic acids is 3. The van der Waals surface area contributed by atoms with Crippen LogP contribution in [0.1, 0.15) is 84.0 Å². The van der Waals surface area contributed by atoms with Crippen LogP contribution in [0.4, 0.5) is 0 Å². The molecule has 0 aliphatic heterocycles. The topological polar surface area (TPSA) is 213 Å². The number of rotatable bonds is 27. The van der Waals surface area contributed by atoms with Gasteiger partial charge in [0, 0.05) is 36.7 Å². The van der Waals surface area contributed by atoms with E-state index < -0.39 is 48.4 Å². The Morgan fingerprint density at radius 3 is 2.16 bits per heavy atom. The first kappa shape index (κ1) is 41.3. The highest BCUT2D eigenvalue weighted by Crippen LogP contribution is 2.20. The molecule has 2 amide bonds. The molecule has 3 atom stereocenters. The van der Waals surface area contributed by atoms with E-state index in [0.29, 0.717) is 12.8 Å². The Morgan fingerprint density at radius 1 is 0.822 bits per heavy atom. The highest BCUT2D eigenvalue weighted by Gasteiger charge is 2.24. The highest BCUT2D eigenvalue weighted by atomic mass is 32.2. The standard InChI is InChI=1S/C32H49N3O9S/c1-2-3-13-16-24(36)21-25(17-14-11-9-7-5-4-6-8-10-12-15-18-29(38)39)45-23-27(31(42)34-22-30(40)41)35-28(37)20-19-26(33)32(43)44/h3-4,6-7,9,13-14,17,25-27H,2,5,8,10-12,15-16,18-23,33H2,1H3,(H,34,42)(H,35,37)(H,38,39)(H,40,41)(H,43,44)/b6-4-,9-7-,13-3-,17-14-/t25?,26-,27-/m0/s1. The number of allylic oxidation sites excluding steroid dienone is 7. The molecule has 0 aliphatic carbocycles. The molecular weight excluding hydrogens is 602 g/mol. The van der Waals surface area contributed by atoms with E-state index in [2.05, 4.69) is 22.8 Å². The lowest BCUT2D eigenvalue weighted by molar-refractivity contribution is -0.139. The molecule has 0 radical (unpaired) electrons. The molecule has 7 N–H and O–H groups in total. The van der Waals surface area contributed by atoms with Gasteiger partial charge in [-0.1, -0.05) is 62.0 Å². The van der Waals surface area contributed by atoms with Gasteiger partial charge in [-0.15, -0.1) is 0 Å². The predicted molar refractivity (Wildman–Crippen MR) is 175 cm³/mol. The average molecular weight is 652 g/mol. The third-order valence-electron chi connectivity index (χ3n) is 6.21. The summed E-state index contributed by atoms with van der Waals surface area (Å²) in [5.74, 6) is -4.54. The lowest BCUT2D eigenvalue weighted by atomic mass is 10.1. The van der Waals surface area contributed by atoms with Crippen molar-refractivity contribution in [1.82, 2.24) is 10.6 Å². The van der Waals surface area contributed by atoms with E-state index in [1.807, 2.05) is 43.4 Å². The Hall–Kier alpha value is -3.71. The molecule has 0 aromatic heterocycles. The number of aliphatic carboxylic acids is 3. The molecule has 45 heavy (non-hydrogen) atoms. The van der Waals surface area contributed by atoms with Crippen LogP contribution in [0.5, 0.6) is 0 Å². The molecule has 13 heteroatoms. The Labute approximate surface area is 269 Å². The number of carboxylic acid groups (broad SMARTS) is 3. The van der Waals surface area contributed by atoms with Crippen LogP contribution in [-0.2, 0) is 28.8 Å². The van der Waals surface area contributed by atoms with Crippen molar-refractivity contribution in [3.63, 3.8) is 0 Å². The van der Waals surface area contributed by atoms with Gasteiger partial charge in [-0.05, 0) is 44.9 Å². The molecule has 12 nitrogen and oxygen atoms in total. The third kappa shape index (κ3) is 25.3. The van der Waals surface area contributed by atoms with Crippen LogP contribution in [0, 0.1) is 0 Å². The summed E-state index contributed by atoms with van der Waals surface area (Å²) in [4.78, 5) is 70.1. The summed E-state index contributed by atoms with van der Waals surface area (Å²) in [6.45, 7) is 1.33. The summed E-state index contributed by atoms with van der Waals surface area (Å²) in [5.41, 5.74) is 5.46. The van der Waals surface area contributed by atoms with E-state index in [9.17, 15) is 28.8 Å². The van der Waals surface area contributed by atoms with Crippen molar-refractivity contribution in [1.29, 1.82) is 0 Å². The van der Waals surface area contributed by atoms with Crippen molar-refractivity contribution in [3.05, 3.63) is 48.6 Å². The SMILES string of the molecule is CC/C=C\CC(=O)CC(/C=C\C/C=C\C/C=C\CCCCCC(=O)O)SC[C@H](NC(=O)CC[C@H](N)C(=O)O)C(=O)NCC(=O)O. The molecule has 0 spiro atoms. The second kappa shape index (κ2) is 26.7. The van der Waals surface area contributed by atoms with Gasteiger partial charge in [-0.2, -0.15) is 11.8 Å². The van der Waals surface area contributed by atoms with Crippen molar-refractivity contribution in [2.24, 2.45) is 5.73 Å². The normalized spacial score (nSPS) is 13.7. The van der Waals surface area contributed by atoms with Crippen LogP contribution in [-0.4, -0.2) is 80.5 Å². The molecule has 0 bridgehead atoms. The smallest absolute Gasteiger partial charge is 0.322 e. The van der Waals surface area contributed by atoms with Gasteiger partial charge in [0.2, 0.25) is 11.8 Å². The number of ketones is 1. The summed E-state index contributed by atoms with van der Waals surface area (Å²) in [6, 6.07) is -2.35. The Balaban J connectivity index is 5.19. The lowest BCUT2D eigenvalue weighted by Crippen LogP contribution is -2.49. The summed E-state index contributed by atoms with van der Waals surface area (Å²) in [5, 5.41) is 31.0. The van der Waals surface area contributed by atoms with Crippen molar-refractivity contribution < 1.29 is 44.1 Å². The number of hydrogen-bond acceptors (Lipinski definition) is 8. The van der Waals surface area contributed by atoms with E-state index in [0.717, 1.165) is 32.1 Å². The largest absolute Gasteiger partial charge is 0.481 e. The van der Waals surface area contributed by atoms with Gasteiger partial charge in [0.15, 0.2) is 0 Å². The van der Waals surface area contributed by atoms with E-state index in [1.165, 1.54) is 11.8 Å². The van der Waals surface area contributed by atoms with Crippen LogP contribution in [0.2, 0.25) is 0 Å². The second-order valence-electron chi connectivity index (χ2n) is 10.2. The number of carbonyl (C=O) groups excluding carboxylic acids is 3. The monoisotopic (exact) mass is 651 g/mol. The van der Waals surface area contributed by atoms with E-state index in [-0.39, 0.29) is 48.9 Å². The molecule has 0 rings (SSSR count). The fourth-order valence-corrected chi connectivity index (χ4v) is 4.95. The highest BCUT2D eigenvalue weighted by molar-refractivity contribution is 8.00. The molecular formula is C32H49N3O9S. The van der Waals surface area contributed by atoms with Crippen LogP contribution in [0.15, 0.2) is 48.6 Å². The molecule has 0 aromatic rings. The Morgan fingerprint density at radius 2 is 1.51 bits per heavy atom. The van der Waals surface area contributed by atoms with Crippen LogP contribution in [0.25, 0.3) is 0 Å². The molecule has 1 unspecified atom stereocenters. The number of thioether (sulfide) groups is 1. The summed E-state index contributed by atoms with van der Waals surface area (Å²) >= 11 is 1.27. The average Bonchev–Trinajstić information content (AvgIpc) is 2.98. The summed E-state index contributed by atoms with van der Waals surface area (Å²) in [6.07, 6.45) is 21.6. The number of unbranched alkanes of at least 4 members (excludes halogenated alkanes) is 3. The van der Waals surface area contributed by atoms with Gasteiger partial charge >= 0.3 is 17.9 Å². The maximum atomic E-state index is 12.7. The first-order chi connectivity index (χ1) is 21.5. The number of hydrogen-bond donors (Lipinski definition) is 6. The molecule has 0 saturated heterocycles. The first-order valence-electron chi connectivity index (χ1n) is 15.2. The van der Waals surface area contributed by atoms with Crippen molar-refractivity contribution in [2.45, 2.75) is 101 Å². The number of Topliss-reactive ketones (excluding diaryl/α,β-unsaturated/α-hetero) is 1. The second-order valence-corrected chi connectivity index (χ2v) is 11.5. The Bertz CT molecular complexity index is 1060. The van der Waals surface area contributed by atoms with Gasteiger partial charge in [0.25, 0.3) is 0 Å². The van der Waals surface area contributed by atoms with Gasteiger partial charge in [-0.3, -0.25) is 28.8 Å². The zero-order valence-electron chi connectivity index (χ0n) is 26.0. The van der Waals surface area contributed by atoms with Crippen LogP contribution >= 0.6 is 11.8 Å². The number of nitrogens with one attached hydrogen (secondary N) is 2. The zero-order valence-corrected chi connectivity index (χ0v) is 26.8. The van der Waals surface area contributed by atoms with Gasteiger partial charge < -0.3 is 31.7 Å². The molecule has 0 aliphatic rings. The fraction of sp³-hybridized carbons (Fsp3) is 0.562. The lowest BCUT2D eigenvalue weighted by Gasteiger charge is -2.20. The minimum absolute atomic E-state index is 0.00376. The predicted octanol–water partition coefficient (Wildman–Crippen LogP) is 3.77.